The Morgan fingerprint density at radius 2 is 1.77 bits per heavy atom. The standard InChI is InChI=1S/C20H20F3N5OS/c21-20(22,23)13-6-5-7-14(12-13)26-19(30)25-11-4-3-10-24-17-15-8-1-2-9-16(15)18(29)28-27-17/h1-2,5-9,12H,3-4,10-11H2,(H,24,27)(H,28,29)(H2,25,26,30). The smallest absolute Gasteiger partial charge is 0.368 e. The fourth-order valence-electron chi connectivity index (χ4n) is 2.86. The highest BCUT2D eigenvalue weighted by atomic mass is 32.1. The van der Waals surface area contributed by atoms with Gasteiger partial charge in [0.25, 0.3) is 5.56 Å². The monoisotopic (exact) mass is 435 g/mol. The normalized spacial score (nSPS) is 11.3. The largest absolute Gasteiger partial charge is 0.416 e. The van der Waals surface area contributed by atoms with Crippen molar-refractivity contribution in [2.75, 3.05) is 23.7 Å². The molecule has 0 aliphatic heterocycles. The van der Waals surface area contributed by atoms with Crippen LogP contribution in [0.1, 0.15) is 18.4 Å². The molecule has 4 N–H and O–H groups in total. The predicted octanol–water partition coefficient (Wildman–Crippen LogP) is 4.12. The van der Waals surface area contributed by atoms with Gasteiger partial charge < -0.3 is 16.0 Å². The van der Waals surface area contributed by atoms with Gasteiger partial charge in [-0.2, -0.15) is 18.3 Å². The van der Waals surface area contributed by atoms with Gasteiger partial charge in [-0.3, -0.25) is 4.79 Å². The van der Waals surface area contributed by atoms with E-state index in [9.17, 15) is 18.0 Å². The summed E-state index contributed by atoms with van der Waals surface area (Å²) in [6, 6.07) is 12.1. The van der Waals surface area contributed by atoms with Crippen molar-refractivity contribution in [1.82, 2.24) is 15.5 Å². The number of hydrogen-bond acceptors (Lipinski definition) is 4. The number of fused-ring (bicyclic) bond motifs is 1. The molecule has 158 valence electrons. The van der Waals surface area contributed by atoms with Gasteiger partial charge in [-0.15, -0.1) is 0 Å². The first-order valence-corrected chi connectivity index (χ1v) is 9.69. The third kappa shape index (κ3) is 5.69. The van der Waals surface area contributed by atoms with E-state index >= 15 is 0 Å². The van der Waals surface area contributed by atoms with Crippen LogP contribution in [0, 0.1) is 0 Å². The van der Waals surface area contributed by atoms with Crippen LogP contribution < -0.4 is 21.5 Å². The van der Waals surface area contributed by atoms with E-state index in [0.29, 0.717) is 24.3 Å². The Morgan fingerprint density at radius 1 is 1.03 bits per heavy atom. The van der Waals surface area contributed by atoms with Gasteiger partial charge in [0.15, 0.2) is 10.9 Å². The zero-order valence-electron chi connectivity index (χ0n) is 15.8. The molecule has 0 aliphatic carbocycles. The summed E-state index contributed by atoms with van der Waals surface area (Å²) in [6.07, 6.45) is -2.82. The molecule has 2 aromatic carbocycles. The van der Waals surface area contributed by atoms with Crippen molar-refractivity contribution in [3.8, 4) is 0 Å². The average molecular weight is 435 g/mol. The van der Waals surface area contributed by atoms with E-state index in [0.717, 1.165) is 30.4 Å². The molecular formula is C20H20F3N5OS. The van der Waals surface area contributed by atoms with Crippen LogP contribution in [0.15, 0.2) is 53.3 Å². The Balaban J connectivity index is 1.40. The fraction of sp³-hybridized carbons (Fsp3) is 0.250. The number of aromatic amines is 1. The lowest BCUT2D eigenvalue weighted by atomic mass is 10.2. The summed E-state index contributed by atoms with van der Waals surface area (Å²) in [5.74, 6) is 0.611. The third-order valence-corrected chi connectivity index (χ3v) is 4.57. The number of rotatable bonds is 7. The maximum atomic E-state index is 12.8. The molecule has 0 saturated carbocycles. The Hall–Kier alpha value is -3.14. The molecule has 1 aromatic heterocycles. The van der Waals surface area contributed by atoms with Gasteiger partial charge in [0.1, 0.15) is 0 Å². The molecule has 3 rings (SSSR count). The quantitative estimate of drug-likeness (QED) is 0.330. The third-order valence-electron chi connectivity index (χ3n) is 4.33. The van der Waals surface area contributed by atoms with Crippen LogP contribution in [0.2, 0.25) is 0 Å². The van der Waals surface area contributed by atoms with Crippen molar-refractivity contribution in [3.63, 3.8) is 0 Å². The van der Waals surface area contributed by atoms with Crippen LogP contribution in [0.4, 0.5) is 24.7 Å². The number of halogens is 3. The molecule has 0 aliphatic rings. The number of unbranched alkanes of at least 4 members (excludes halogenated alkanes) is 1. The molecule has 0 unspecified atom stereocenters. The van der Waals surface area contributed by atoms with Crippen LogP contribution in [0.25, 0.3) is 10.8 Å². The van der Waals surface area contributed by atoms with E-state index < -0.39 is 11.7 Å². The van der Waals surface area contributed by atoms with Crippen LogP contribution in [0.3, 0.4) is 0 Å². The summed E-state index contributed by atoms with van der Waals surface area (Å²) in [7, 11) is 0. The van der Waals surface area contributed by atoms with Gasteiger partial charge >= 0.3 is 6.18 Å². The van der Waals surface area contributed by atoms with Gasteiger partial charge in [0, 0.05) is 24.2 Å². The van der Waals surface area contributed by atoms with Crippen molar-refractivity contribution in [2.24, 2.45) is 0 Å². The molecule has 10 heteroatoms. The van der Waals surface area contributed by atoms with Gasteiger partial charge in [0.05, 0.1) is 10.9 Å². The van der Waals surface area contributed by atoms with Crippen molar-refractivity contribution in [1.29, 1.82) is 0 Å². The Morgan fingerprint density at radius 3 is 2.53 bits per heavy atom. The molecule has 0 spiro atoms. The molecule has 0 radical (unpaired) electrons. The Labute approximate surface area is 175 Å². The maximum absolute atomic E-state index is 12.8. The maximum Gasteiger partial charge on any atom is 0.416 e. The molecule has 3 aromatic rings. The first kappa shape index (κ1) is 21.6. The Bertz CT molecular complexity index is 1080. The van der Waals surface area contributed by atoms with Gasteiger partial charge in [-0.05, 0) is 49.3 Å². The summed E-state index contributed by atoms with van der Waals surface area (Å²) in [6.45, 7) is 1.20. The Kier molecular flexibility index (Phi) is 6.88. The molecular weight excluding hydrogens is 415 g/mol. The van der Waals surface area contributed by atoms with E-state index in [1.807, 2.05) is 12.1 Å². The zero-order chi connectivity index (χ0) is 21.6. The van der Waals surface area contributed by atoms with Crippen molar-refractivity contribution >= 4 is 39.6 Å². The van der Waals surface area contributed by atoms with E-state index in [1.165, 1.54) is 12.1 Å². The number of benzene rings is 2. The lowest BCUT2D eigenvalue weighted by Gasteiger charge is -2.13. The van der Waals surface area contributed by atoms with Crippen LogP contribution in [-0.2, 0) is 6.18 Å². The summed E-state index contributed by atoms with van der Waals surface area (Å²) < 4.78 is 38.3. The van der Waals surface area contributed by atoms with Crippen LogP contribution >= 0.6 is 12.2 Å². The summed E-state index contributed by atoms with van der Waals surface area (Å²) in [4.78, 5) is 11.8. The second-order valence-electron chi connectivity index (χ2n) is 6.54. The number of nitrogens with one attached hydrogen (secondary N) is 4. The SMILES string of the molecule is O=c1[nH]nc(NCCCCNC(=S)Nc2cccc(C(F)(F)F)c2)c2ccccc12. The first-order valence-electron chi connectivity index (χ1n) is 9.28. The second-order valence-corrected chi connectivity index (χ2v) is 6.95. The minimum Gasteiger partial charge on any atom is -0.368 e. The molecule has 0 saturated heterocycles. The highest BCUT2D eigenvalue weighted by Gasteiger charge is 2.30. The molecule has 0 fully saturated rings. The van der Waals surface area contributed by atoms with E-state index in [2.05, 4.69) is 26.1 Å². The van der Waals surface area contributed by atoms with E-state index in [1.54, 1.807) is 12.1 Å². The number of thiocarbonyl (C=S) groups is 1. The summed E-state index contributed by atoms with van der Waals surface area (Å²) in [5.41, 5.74) is -0.688. The molecule has 0 amide bonds. The number of alkyl halides is 3. The van der Waals surface area contributed by atoms with E-state index in [4.69, 9.17) is 12.2 Å². The van der Waals surface area contributed by atoms with Crippen LogP contribution in [0.5, 0.6) is 0 Å². The molecule has 30 heavy (non-hydrogen) atoms. The highest BCUT2D eigenvalue weighted by molar-refractivity contribution is 7.80. The van der Waals surface area contributed by atoms with Crippen molar-refractivity contribution in [3.05, 3.63) is 64.4 Å². The number of H-pyrrole nitrogens is 1. The number of aromatic nitrogens is 2. The summed E-state index contributed by atoms with van der Waals surface area (Å²) >= 11 is 5.13. The minimum absolute atomic E-state index is 0.234. The lowest BCUT2D eigenvalue weighted by Crippen LogP contribution is -2.29. The minimum atomic E-state index is -4.40. The van der Waals surface area contributed by atoms with Crippen molar-refractivity contribution in [2.45, 2.75) is 19.0 Å². The average Bonchev–Trinajstić information content (AvgIpc) is 2.72. The second kappa shape index (κ2) is 9.57. The molecule has 0 bridgehead atoms. The van der Waals surface area contributed by atoms with Gasteiger partial charge in [-0.25, -0.2) is 5.10 Å². The first-order chi connectivity index (χ1) is 14.3. The van der Waals surface area contributed by atoms with Gasteiger partial charge in [-0.1, -0.05) is 24.3 Å². The zero-order valence-corrected chi connectivity index (χ0v) is 16.7. The number of anilines is 2. The topological polar surface area (TPSA) is 81.8 Å². The fourth-order valence-corrected chi connectivity index (χ4v) is 3.08. The van der Waals surface area contributed by atoms with Crippen LogP contribution in [-0.4, -0.2) is 28.4 Å². The van der Waals surface area contributed by atoms with Crippen molar-refractivity contribution < 1.29 is 13.2 Å². The highest BCUT2D eigenvalue weighted by Crippen LogP contribution is 2.30. The predicted molar refractivity (Wildman–Crippen MR) is 116 cm³/mol. The van der Waals surface area contributed by atoms with E-state index in [-0.39, 0.29) is 16.4 Å². The number of nitrogens with zero attached hydrogens (tertiary/aromatic N) is 1. The van der Waals surface area contributed by atoms with Gasteiger partial charge in [0.2, 0.25) is 0 Å². The molecule has 1 heterocycles. The molecule has 6 nitrogen and oxygen atoms in total. The lowest BCUT2D eigenvalue weighted by molar-refractivity contribution is -0.137. The summed E-state index contributed by atoms with van der Waals surface area (Å²) in [5, 5.41) is 17.0. The molecule has 0 atom stereocenters. The number of hydrogen-bond donors (Lipinski definition) is 4.